The van der Waals surface area contributed by atoms with Gasteiger partial charge in [-0.1, -0.05) is 30.3 Å². The average Bonchev–Trinajstić information content (AvgIpc) is 2.44. The van der Waals surface area contributed by atoms with Crippen molar-refractivity contribution in [3.63, 3.8) is 0 Å². The summed E-state index contributed by atoms with van der Waals surface area (Å²) in [5.41, 5.74) is 2.94. The molecule has 0 N–H and O–H groups in total. The molecule has 0 radical (unpaired) electrons. The molecule has 0 aliphatic carbocycles. The Morgan fingerprint density at radius 1 is 1.15 bits per heavy atom. The van der Waals surface area contributed by atoms with Gasteiger partial charge in [0.2, 0.25) is 0 Å². The number of aryl methyl sites for hydroxylation is 1. The molecule has 2 nitrogen and oxygen atoms in total. The molecule has 3 heteroatoms. The van der Waals surface area contributed by atoms with Crippen molar-refractivity contribution in [2.45, 2.75) is 19.8 Å². The van der Waals surface area contributed by atoms with E-state index in [9.17, 15) is 14.4 Å². The highest BCUT2D eigenvalue weighted by Gasteiger charge is 2.23. The van der Waals surface area contributed by atoms with Crippen molar-refractivity contribution >= 4 is 5.78 Å². The standard InChI is InChI=1S/C17H14FNO/c1-11-4-3-5-15(12(11)2)17(20)16(10-19)13-6-8-14(18)9-7-13/h3-9,16H,1-2H3. The fourth-order valence-corrected chi connectivity index (χ4v) is 2.11. The van der Waals surface area contributed by atoms with Gasteiger partial charge in [0.05, 0.1) is 6.07 Å². The summed E-state index contributed by atoms with van der Waals surface area (Å²) in [5.74, 6) is -1.54. The SMILES string of the molecule is Cc1cccc(C(=O)C(C#N)c2ccc(F)cc2)c1C. The zero-order chi connectivity index (χ0) is 14.7. The number of carbonyl (C=O) groups is 1. The molecule has 0 aliphatic heterocycles. The normalized spacial score (nSPS) is 11.7. The van der Waals surface area contributed by atoms with Gasteiger partial charge in [0, 0.05) is 5.56 Å². The van der Waals surface area contributed by atoms with Gasteiger partial charge in [-0.2, -0.15) is 5.26 Å². The second-order valence-electron chi connectivity index (χ2n) is 4.73. The Kier molecular flexibility index (Phi) is 3.95. The lowest BCUT2D eigenvalue weighted by atomic mass is 9.89. The van der Waals surface area contributed by atoms with E-state index in [2.05, 4.69) is 0 Å². The molecule has 20 heavy (non-hydrogen) atoms. The molecule has 2 rings (SSSR count). The maximum Gasteiger partial charge on any atom is 0.184 e. The highest BCUT2D eigenvalue weighted by atomic mass is 19.1. The molecule has 1 unspecified atom stereocenters. The van der Waals surface area contributed by atoms with Crippen molar-refractivity contribution in [1.82, 2.24) is 0 Å². The van der Waals surface area contributed by atoms with Gasteiger partial charge in [0.25, 0.3) is 0 Å². The number of halogens is 1. The monoisotopic (exact) mass is 267 g/mol. The molecular formula is C17H14FNO. The summed E-state index contributed by atoms with van der Waals surface area (Å²) in [6, 6.07) is 12.9. The van der Waals surface area contributed by atoms with Crippen LogP contribution in [-0.2, 0) is 0 Å². The summed E-state index contributed by atoms with van der Waals surface area (Å²) in [5, 5.41) is 9.28. The van der Waals surface area contributed by atoms with Crippen molar-refractivity contribution in [3.8, 4) is 6.07 Å². The number of nitrogens with zero attached hydrogens (tertiary/aromatic N) is 1. The molecule has 0 saturated heterocycles. The molecule has 1 atom stereocenters. The summed E-state index contributed by atoms with van der Waals surface area (Å²) in [6.07, 6.45) is 0. The van der Waals surface area contributed by atoms with Gasteiger partial charge in [-0.3, -0.25) is 4.79 Å². The molecule has 0 aliphatic rings. The van der Waals surface area contributed by atoms with Crippen LogP contribution in [0.25, 0.3) is 0 Å². The Hall–Kier alpha value is -2.47. The lowest BCUT2D eigenvalue weighted by Gasteiger charge is -2.12. The van der Waals surface area contributed by atoms with Gasteiger partial charge in [-0.25, -0.2) is 4.39 Å². The second kappa shape index (κ2) is 5.66. The molecule has 0 heterocycles. The minimum Gasteiger partial charge on any atom is -0.292 e. The van der Waals surface area contributed by atoms with Crippen LogP contribution in [0.4, 0.5) is 4.39 Å². The minimum absolute atomic E-state index is 0.250. The van der Waals surface area contributed by atoms with Gasteiger partial charge in [0.15, 0.2) is 5.78 Å². The number of carbonyl (C=O) groups excluding carboxylic acids is 1. The molecule has 2 aromatic rings. The van der Waals surface area contributed by atoms with Crippen LogP contribution in [0.2, 0.25) is 0 Å². The van der Waals surface area contributed by atoms with Crippen LogP contribution in [0.1, 0.15) is 33.0 Å². The zero-order valence-corrected chi connectivity index (χ0v) is 11.4. The Labute approximate surface area is 117 Å². The zero-order valence-electron chi connectivity index (χ0n) is 11.4. The molecule has 0 fully saturated rings. The fraction of sp³-hybridized carbons (Fsp3) is 0.176. The van der Waals surface area contributed by atoms with Gasteiger partial charge in [-0.15, -0.1) is 0 Å². The molecule has 100 valence electrons. The van der Waals surface area contributed by atoms with Crippen LogP contribution in [0, 0.1) is 31.0 Å². The third-order valence-electron chi connectivity index (χ3n) is 3.46. The predicted molar refractivity (Wildman–Crippen MR) is 75.0 cm³/mol. The molecular weight excluding hydrogens is 253 g/mol. The van der Waals surface area contributed by atoms with E-state index in [-0.39, 0.29) is 11.6 Å². The number of hydrogen-bond donors (Lipinski definition) is 0. The quantitative estimate of drug-likeness (QED) is 0.790. The van der Waals surface area contributed by atoms with Crippen LogP contribution < -0.4 is 0 Å². The van der Waals surface area contributed by atoms with E-state index >= 15 is 0 Å². The van der Waals surface area contributed by atoms with Crippen molar-refractivity contribution in [3.05, 3.63) is 70.5 Å². The molecule has 0 amide bonds. The van der Waals surface area contributed by atoms with Crippen LogP contribution in [-0.4, -0.2) is 5.78 Å². The average molecular weight is 267 g/mol. The lowest BCUT2D eigenvalue weighted by molar-refractivity contribution is 0.0978. The first kappa shape index (κ1) is 14.0. The number of rotatable bonds is 3. The second-order valence-corrected chi connectivity index (χ2v) is 4.73. The topological polar surface area (TPSA) is 40.9 Å². The third-order valence-corrected chi connectivity index (χ3v) is 3.46. The summed E-state index contributed by atoms with van der Waals surface area (Å²) in [4.78, 5) is 12.5. The van der Waals surface area contributed by atoms with Gasteiger partial charge in [-0.05, 0) is 42.7 Å². The van der Waals surface area contributed by atoms with Crippen LogP contribution in [0.5, 0.6) is 0 Å². The fourth-order valence-electron chi connectivity index (χ4n) is 2.11. The smallest absolute Gasteiger partial charge is 0.184 e. The Morgan fingerprint density at radius 3 is 2.40 bits per heavy atom. The van der Waals surface area contributed by atoms with Gasteiger partial charge < -0.3 is 0 Å². The lowest BCUT2D eigenvalue weighted by Crippen LogP contribution is -2.13. The first-order chi connectivity index (χ1) is 9.54. The summed E-state index contributed by atoms with van der Waals surface area (Å²) in [7, 11) is 0. The maximum atomic E-state index is 12.9. The molecule has 2 aromatic carbocycles. The van der Waals surface area contributed by atoms with Crippen molar-refractivity contribution in [2.24, 2.45) is 0 Å². The Balaban J connectivity index is 2.42. The number of benzene rings is 2. The van der Waals surface area contributed by atoms with Crippen molar-refractivity contribution < 1.29 is 9.18 Å². The van der Waals surface area contributed by atoms with Gasteiger partial charge in [0.1, 0.15) is 11.7 Å². The van der Waals surface area contributed by atoms with Crippen LogP contribution in [0.3, 0.4) is 0 Å². The molecule has 0 saturated carbocycles. The van der Waals surface area contributed by atoms with E-state index in [1.807, 2.05) is 26.0 Å². The van der Waals surface area contributed by atoms with Crippen LogP contribution in [0.15, 0.2) is 42.5 Å². The van der Waals surface area contributed by atoms with E-state index in [4.69, 9.17) is 0 Å². The minimum atomic E-state index is -0.906. The summed E-state index contributed by atoms with van der Waals surface area (Å²) in [6.45, 7) is 3.78. The van der Waals surface area contributed by atoms with E-state index in [1.54, 1.807) is 12.1 Å². The first-order valence-electron chi connectivity index (χ1n) is 6.30. The third kappa shape index (κ3) is 2.60. The molecule has 0 aromatic heterocycles. The van der Waals surface area contributed by atoms with E-state index in [0.717, 1.165) is 11.1 Å². The Bertz CT molecular complexity index is 683. The summed E-state index contributed by atoms with van der Waals surface area (Å²) >= 11 is 0. The van der Waals surface area contributed by atoms with Crippen molar-refractivity contribution in [1.29, 1.82) is 5.26 Å². The number of hydrogen-bond acceptors (Lipinski definition) is 2. The Morgan fingerprint density at radius 2 is 1.80 bits per heavy atom. The number of Topliss-reactive ketones (excluding diaryl/α,β-unsaturated/α-hetero) is 1. The molecule has 0 bridgehead atoms. The number of nitriles is 1. The first-order valence-corrected chi connectivity index (χ1v) is 6.30. The molecule has 0 spiro atoms. The van der Waals surface area contributed by atoms with E-state index < -0.39 is 5.92 Å². The number of ketones is 1. The van der Waals surface area contributed by atoms with E-state index in [0.29, 0.717) is 11.1 Å². The highest BCUT2D eigenvalue weighted by molar-refractivity contribution is 6.04. The highest BCUT2D eigenvalue weighted by Crippen LogP contribution is 2.23. The summed E-state index contributed by atoms with van der Waals surface area (Å²) < 4.78 is 12.9. The maximum absolute atomic E-state index is 12.9. The van der Waals surface area contributed by atoms with Gasteiger partial charge >= 0.3 is 0 Å². The van der Waals surface area contributed by atoms with E-state index in [1.165, 1.54) is 24.3 Å². The van der Waals surface area contributed by atoms with Crippen LogP contribution >= 0.6 is 0 Å². The largest absolute Gasteiger partial charge is 0.292 e. The van der Waals surface area contributed by atoms with Crippen molar-refractivity contribution in [2.75, 3.05) is 0 Å². The predicted octanol–water partition coefficient (Wildman–Crippen LogP) is 3.93.